The molecule has 0 bridgehead atoms. The second-order valence-corrected chi connectivity index (χ2v) is 13.8. The third-order valence-electron chi connectivity index (χ3n) is 10.4. The van der Waals surface area contributed by atoms with Gasteiger partial charge in [-0.15, -0.1) is 0 Å². The van der Waals surface area contributed by atoms with Crippen molar-refractivity contribution in [1.29, 1.82) is 0 Å². The van der Waals surface area contributed by atoms with Gasteiger partial charge in [0.1, 0.15) is 11.2 Å². The number of anilines is 6. The lowest BCUT2D eigenvalue weighted by molar-refractivity contribution is 0.673. The summed E-state index contributed by atoms with van der Waals surface area (Å²) in [7, 11) is 0. The molecule has 0 aliphatic carbocycles. The standard InChI is InChI=1S/C52H36N2O/c1-5-15-37(16-6-1)38-25-27-39(28-26-38)40-29-32-45(33-30-40)54(44-22-11-4-12-23-44)49-35-46(53(42-18-7-2-8-19-42)43-20-9-3-10-21-43)36-50-51(49)48-34-31-41-17-13-14-24-47(41)52(48)55-50/h1-36H. The molecule has 9 aromatic carbocycles. The van der Waals surface area contributed by atoms with E-state index in [1.807, 2.05) is 0 Å². The van der Waals surface area contributed by atoms with E-state index in [-0.39, 0.29) is 0 Å². The van der Waals surface area contributed by atoms with E-state index >= 15 is 0 Å². The van der Waals surface area contributed by atoms with Crippen molar-refractivity contribution in [2.45, 2.75) is 0 Å². The van der Waals surface area contributed by atoms with Gasteiger partial charge in [0.05, 0.1) is 16.8 Å². The average Bonchev–Trinajstić information content (AvgIpc) is 3.65. The lowest BCUT2D eigenvalue weighted by Crippen LogP contribution is -2.13. The highest BCUT2D eigenvalue weighted by atomic mass is 16.3. The van der Waals surface area contributed by atoms with Gasteiger partial charge in [-0.2, -0.15) is 0 Å². The molecule has 0 amide bonds. The molecule has 1 heterocycles. The Hall–Kier alpha value is -7.36. The summed E-state index contributed by atoms with van der Waals surface area (Å²) in [6.07, 6.45) is 0. The van der Waals surface area contributed by atoms with Gasteiger partial charge in [-0.05, 0) is 88.3 Å². The fraction of sp³-hybridized carbons (Fsp3) is 0. The summed E-state index contributed by atoms with van der Waals surface area (Å²) in [5.74, 6) is 0. The summed E-state index contributed by atoms with van der Waals surface area (Å²) < 4.78 is 6.96. The minimum absolute atomic E-state index is 0.826. The van der Waals surface area contributed by atoms with Crippen LogP contribution in [-0.4, -0.2) is 0 Å². The van der Waals surface area contributed by atoms with Gasteiger partial charge in [0.25, 0.3) is 0 Å². The Kier molecular flexibility index (Phi) is 8.16. The Morgan fingerprint density at radius 1 is 0.309 bits per heavy atom. The normalized spacial score (nSPS) is 11.3. The summed E-state index contributed by atoms with van der Waals surface area (Å²) in [4.78, 5) is 4.67. The maximum atomic E-state index is 6.96. The van der Waals surface area contributed by atoms with Gasteiger partial charge in [0.15, 0.2) is 0 Å². The lowest BCUT2D eigenvalue weighted by atomic mass is 10.00. The van der Waals surface area contributed by atoms with Crippen molar-refractivity contribution in [3.05, 3.63) is 218 Å². The van der Waals surface area contributed by atoms with Crippen molar-refractivity contribution in [1.82, 2.24) is 0 Å². The van der Waals surface area contributed by atoms with Gasteiger partial charge in [-0.25, -0.2) is 0 Å². The van der Waals surface area contributed by atoms with Crippen LogP contribution in [0.5, 0.6) is 0 Å². The summed E-state index contributed by atoms with van der Waals surface area (Å²) in [5, 5.41) is 4.39. The highest BCUT2D eigenvalue weighted by Gasteiger charge is 2.24. The van der Waals surface area contributed by atoms with Crippen LogP contribution in [0.15, 0.2) is 223 Å². The van der Waals surface area contributed by atoms with Crippen LogP contribution >= 0.6 is 0 Å². The molecule has 3 nitrogen and oxygen atoms in total. The van der Waals surface area contributed by atoms with Crippen LogP contribution in [0.25, 0.3) is 55.0 Å². The summed E-state index contributed by atoms with van der Waals surface area (Å²) in [5.41, 5.74) is 12.7. The Bertz CT molecular complexity index is 2850. The van der Waals surface area contributed by atoms with E-state index in [2.05, 4.69) is 228 Å². The summed E-state index contributed by atoms with van der Waals surface area (Å²) in [6, 6.07) is 77.4. The van der Waals surface area contributed by atoms with Gasteiger partial charge in [0, 0.05) is 39.6 Å². The van der Waals surface area contributed by atoms with Gasteiger partial charge in [0.2, 0.25) is 0 Å². The molecule has 0 saturated heterocycles. The van der Waals surface area contributed by atoms with E-state index in [4.69, 9.17) is 4.42 Å². The predicted molar refractivity (Wildman–Crippen MR) is 231 cm³/mol. The minimum atomic E-state index is 0.826. The highest BCUT2D eigenvalue weighted by Crippen LogP contribution is 2.48. The van der Waals surface area contributed by atoms with Crippen molar-refractivity contribution < 1.29 is 4.42 Å². The molecule has 0 N–H and O–H groups in total. The van der Waals surface area contributed by atoms with Crippen LogP contribution in [0.3, 0.4) is 0 Å². The molecule has 0 fully saturated rings. The average molecular weight is 705 g/mol. The van der Waals surface area contributed by atoms with Crippen LogP contribution in [0.4, 0.5) is 34.1 Å². The van der Waals surface area contributed by atoms with Crippen molar-refractivity contribution in [3.63, 3.8) is 0 Å². The number of rotatable bonds is 8. The summed E-state index contributed by atoms with van der Waals surface area (Å²) in [6.45, 7) is 0. The van der Waals surface area contributed by atoms with E-state index in [1.54, 1.807) is 0 Å². The van der Waals surface area contributed by atoms with E-state index in [1.165, 1.54) is 16.7 Å². The van der Waals surface area contributed by atoms with Crippen LogP contribution < -0.4 is 9.80 Å². The van der Waals surface area contributed by atoms with Crippen LogP contribution in [0.2, 0.25) is 0 Å². The molecule has 0 radical (unpaired) electrons. The van der Waals surface area contributed by atoms with Gasteiger partial charge < -0.3 is 14.2 Å². The fourth-order valence-corrected chi connectivity index (χ4v) is 7.80. The van der Waals surface area contributed by atoms with Crippen molar-refractivity contribution >= 4 is 66.8 Å². The second-order valence-electron chi connectivity index (χ2n) is 13.8. The Morgan fingerprint density at radius 2 is 0.764 bits per heavy atom. The van der Waals surface area contributed by atoms with Crippen LogP contribution in [-0.2, 0) is 0 Å². The van der Waals surface area contributed by atoms with Gasteiger partial charge in [-0.1, -0.05) is 152 Å². The maximum absolute atomic E-state index is 6.96. The Balaban J connectivity index is 1.19. The molecule has 0 unspecified atom stereocenters. The van der Waals surface area contributed by atoms with E-state index < -0.39 is 0 Å². The number of para-hydroxylation sites is 3. The van der Waals surface area contributed by atoms with Crippen molar-refractivity contribution in [2.75, 3.05) is 9.80 Å². The number of fused-ring (bicyclic) bond motifs is 5. The number of hydrogen-bond donors (Lipinski definition) is 0. The fourth-order valence-electron chi connectivity index (χ4n) is 7.80. The topological polar surface area (TPSA) is 19.6 Å². The van der Waals surface area contributed by atoms with E-state index in [0.717, 1.165) is 72.4 Å². The Labute approximate surface area is 320 Å². The zero-order valence-corrected chi connectivity index (χ0v) is 30.1. The first-order chi connectivity index (χ1) is 27.3. The predicted octanol–water partition coefficient (Wildman–Crippen LogP) is 15.0. The molecule has 10 rings (SSSR count). The molecular formula is C52H36N2O. The molecule has 1 aromatic heterocycles. The number of furan rings is 1. The van der Waals surface area contributed by atoms with Gasteiger partial charge in [-0.3, -0.25) is 0 Å². The molecule has 0 aliphatic heterocycles. The van der Waals surface area contributed by atoms with Crippen LogP contribution in [0, 0.1) is 0 Å². The SMILES string of the molecule is c1ccc(-c2ccc(-c3ccc(N(c4ccccc4)c4cc(N(c5ccccc5)c5ccccc5)cc5oc6c7ccccc7ccc6c45)cc3)cc2)cc1. The maximum Gasteiger partial charge on any atom is 0.143 e. The number of nitrogens with zero attached hydrogens (tertiary/aromatic N) is 2. The largest absolute Gasteiger partial charge is 0.455 e. The van der Waals surface area contributed by atoms with Gasteiger partial charge >= 0.3 is 0 Å². The first-order valence-electron chi connectivity index (χ1n) is 18.7. The third kappa shape index (κ3) is 5.98. The third-order valence-corrected chi connectivity index (χ3v) is 10.4. The molecule has 10 aromatic rings. The minimum Gasteiger partial charge on any atom is -0.455 e. The zero-order chi connectivity index (χ0) is 36.6. The van der Waals surface area contributed by atoms with Crippen LogP contribution in [0.1, 0.15) is 0 Å². The smallest absolute Gasteiger partial charge is 0.143 e. The summed E-state index contributed by atoms with van der Waals surface area (Å²) >= 11 is 0. The monoisotopic (exact) mass is 704 g/mol. The molecule has 0 saturated carbocycles. The molecule has 3 heteroatoms. The van der Waals surface area contributed by atoms with E-state index in [0.29, 0.717) is 0 Å². The molecule has 0 spiro atoms. The highest BCUT2D eigenvalue weighted by molar-refractivity contribution is 6.20. The first kappa shape index (κ1) is 32.3. The quantitative estimate of drug-likeness (QED) is 0.157. The second kappa shape index (κ2) is 13.9. The molecular weight excluding hydrogens is 669 g/mol. The molecule has 0 aliphatic rings. The Morgan fingerprint density at radius 3 is 1.35 bits per heavy atom. The molecule has 0 atom stereocenters. The lowest BCUT2D eigenvalue weighted by Gasteiger charge is -2.30. The molecule has 260 valence electrons. The first-order valence-corrected chi connectivity index (χ1v) is 18.7. The van der Waals surface area contributed by atoms with Crippen molar-refractivity contribution in [3.8, 4) is 22.3 Å². The number of benzene rings is 9. The number of hydrogen-bond acceptors (Lipinski definition) is 3. The zero-order valence-electron chi connectivity index (χ0n) is 30.1. The van der Waals surface area contributed by atoms with Crippen molar-refractivity contribution in [2.24, 2.45) is 0 Å². The van der Waals surface area contributed by atoms with E-state index in [9.17, 15) is 0 Å². The molecule has 55 heavy (non-hydrogen) atoms.